The number of tetrazole rings is 1. The molecule has 3 rings (SSSR count). The predicted molar refractivity (Wildman–Crippen MR) is 102 cm³/mol. The second-order valence-corrected chi connectivity index (χ2v) is 8.08. The van der Waals surface area contributed by atoms with Gasteiger partial charge in [0.15, 0.2) is 5.82 Å². The lowest BCUT2D eigenvalue weighted by Gasteiger charge is -2.30. The monoisotopic (exact) mass is 373 g/mol. The molecule has 1 aliphatic heterocycles. The molecule has 1 amide bonds. The number of aromatic nitrogens is 4. The van der Waals surface area contributed by atoms with E-state index in [1.54, 1.807) is 4.68 Å². The Balaban J connectivity index is 1.73. The largest absolute Gasteiger partial charge is 0.337 e. The predicted octanol–water partition coefficient (Wildman–Crippen LogP) is 3.50. The number of hydrogen-bond donors (Lipinski definition) is 0. The molecular weight excluding hydrogens is 350 g/mol. The summed E-state index contributed by atoms with van der Waals surface area (Å²) in [6.45, 7) is 9.21. The Bertz CT molecular complexity index is 836. The molecule has 1 aliphatic rings. The third-order valence-corrected chi connectivity index (χ3v) is 4.84. The highest BCUT2D eigenvalue weighted by Gasteiger charge is 2.30. The molecular formula is C19H24ClN5O. The van der Waals surface area contributed by atoms with Crippen LogP contribution >= 0.6 is 11.6 Å². The summed E-state index contributed by atoms with van der Waals surface area (Å²) in [6, 6.07) is 7.40. The smallest absolute Gasteiger partial charge is 0.247 e. The van der Waals surface area contributed by atoms with Crippen molar-refractivity contribution in [1.82, 2.24) is 25.1 Å². The fraction of sp³-hybridized carbons (Fsp3) is 0.474. The second kappa shape index (κ2) is 7.19. The SMILES string of the molecule is CC(C(=O)N1CC=C(c2cccc(Cl)c2)CC1)n1nnnc1C(C)(C)C. The zero-order valence-corrected chi connectivity index (χ0v) is 16.4. The first-order valence-corrected chi connectivity index (χ1v) is 9.17. The maximum atomic E-state index is 12.9. The average Bonchev–Trinajstić information content (AvgIpc) is 3.11. The van der Waals surface area contributed by atoms with Crippen LogP contribution in [0.25, 0.3) is 5.57 Å². The van der Waals surface area contributed by atoms with Crippen LogP contribution in [-0.4, -0.2) is 44.1 Å². The lowest BCUT2D eigenvalue weighted by atomic mass is 9.95. The lowest BCUT2D eigenvalue weighted by molar-refractivity contribution is -0.134. The number of rotatable bonds is 3. The Morgan fingerprint density at radius 3 is 2.69 bits per heavy atom. The van der Waals surface area contributed by atoms with Gasteiger partial charge >= 0.3 is 0 Å². The molecule has 6 nitrogen and oxygen atoms in total. The molecule has 0 bridgehead atoms. The van der Waals surface area contributed by atoms with Gasteiger partial charge in [0, 0.05) is 23.5 Å². The van der Waals surface area contributed by atoms with Crippen molar-refractivity contribution in [3.05, 3.63) is 46.8 Å². The van der Waals surface area contributed by atoms with Crippen LogP contribution in [0.15, 0.2) is 30.3 Å². The van der Waals surface area contributed by atoms with Gasteiger partial charge in [-0.2, -0.15) is 0 Å². The van der Waals surface area contributed by atoms with E-state index in [0.29, 0.717) is 18.9 Å². The molecule has 0 saturated carbocycles. The first-order chi connectivity index (χ1) is 12.3. The quantitative estimate of drug-likeness (QED) is 0.825. The van der Waals surface area contributed by atoms with E-state index in [2.05, 4.69) is 27.7 Å². The molecule has 2 aromatic rings. The van der Waals surface area contributed by atoms with Crippen LogP contribution in [-0.2, 0) is 10.2 Å². The zero-order valence-electron chi connectivity index (χ0n) is 15.6. The van der Waals surface area contributed by atoms with Crippen LogP contribution in [0.2, 0.25) is 5.02 Å². The normalized spacial score (nSPS) is 16.3. The van der Waals surface area contributed by atoms with Crippen molar-refractivity contribution in [2.75, 3.05) is 13.1 Å². The van der Waals surface area contributed by atoms with E-state index < -0.39 is 6.04 Å². The van der Waals surface area contributed by atoms with Crippen molar-refractivity contribution >= 4 is 23.1 Å². The zero-order chi connectivity index (χ0) is 18.9. The number of hydrogen-bond acceptors (Lipinski definition) is 4. The minimum Gasteiger partial charge on any atom is -0.337 e. The van der Waals surface area contributed by atoms with Crippen LogP contribution < -0.4 is 0 Å². The Labute approximate surface area is 158 Å². The Kier molecular flexibility index (Phi) is 5.14. The minimum atomic E-state index is -0.430. The minimum absolute atomic E-state index is 0.0317. The molecule has 0 radical (unpaired) electrons. The van der Waals surface area contributed by atoms with Gasteiger partial charge in [-0.15, -0.1) is 5.10 Å². The van der Waals surface area contributed by atoms with Crippen molar-refractivity contribution in [2.45, 2.75) is 45.6 Å². The van der Waals surface area contributed by atoms with E-state index in [4.69, 9.17) is 11.6 Å². The number of nitrogens with zero attached hydrogens (tertiary/aromatic N) is 5. The van der Waals surface area contributed by atoms with Gasteiger partial charge in [-0.25, -0.2) is 4.68 Å². The summed E-state index contributed by atoms with van der Waals surface area (Å²) in [6.07, 6.45) is 2.91. The maximum absolute atomic E-state index is 12.9. The van der Waals surface area contributed by atoms with Gasteiger partial charge in [0.1, 0.15) is 6.04 Å². The number of halogens is 1. The topological polar surface area (TPSA) is 63.9 Å². The van der Waals surface area contributed by atoms with Crippen LogP contribution in [0, 0.1) is 0 Å². The fourth-order valence-electron chi connectivity index (χ4n) is 3.14. The van der Waals surface area contributed by atoms with E-state index in [9.17, 15) is 4.79 Å². The van der Waals surface area contributed by atoms with E-state index in [1.165, 1.54) is 5.57 Å². The molecule has 7 heteroatoms. The summed E-state index contributed by atoms with van der Waals surface area (Å²) in [7, 11) is 0. The molecule has 0 fully saturated rings. The second-order valence-electron chi connectivity index (χ2n) is 7.65. The van der Waals surface area contributed by atoms with Gasteiger partial charge in [-0.1, -0.05) is 50.6 Å². The van der Waals surface area contributed by atoms with Crippen molar-refractivity contribution in [1.29, 1.82) is 0 Å². The van der Waals surface area contributed by atoms with E-state index >= 15 is 0 Å². The van der Waals surface area contributed by atoms with Crippen molar-refractivity contribution < 1.29 is 4.79 Å². The summed E-state index contributed by atoms with van der Waals surface area (Å²) in [5.74, 6) is 0.745. The van der Waals surface area contributed by atoms with Gasteiger partial charge in [0.25, 0.3) is 0 Å². The van der Waals surface area contributed by atoms with Gasteiger partial charge < -0.3 is 4.90 Å². The van der Waals surface area contributed by atoms with E-state index in [-0.39, 0.29) is 11.3 Å². The summed E-state index contributed by atoms with van der Waals surface area (Å²) in [4.78, 5) is 14.8. The fourth-order valence-corrected chi connectivity index (χ4v) is 3.33. The first kappa shape index (κ1) is 18.6. The Morgan fingerprint density at radius 1 is 1.31 bits per heavy atom. The third kappa shape index (κ3) is 3.80. The first-order valence-electron chi connectivity index (χ1n) is 8.79. The molecule has 0 saturated heterocycles. The summed E-state index contributed by atoms with van der Waals surface area (Å²) < 4.78 is 1.64. The molecule has 1 atom stereocenters. The highest BCUT2D eigenvalue weighted by molar-refractivity contribution is 6.30. The number of carbonyl (C=O) groups is 1. The molecule has 0 spiro atoms. The Hall–Kier alpha value is -2.21. The molecule has 26 heavy (non-hydrogen) atoms. The summed E-state index contributed by atoms with van der Waals surface area (Å²) in [5, 5.41) is 12.6. The number of amides is 1. The van der Waals surface area contributed by atoms with E-state index in [0.717, 1.165) is 17.0 Å². The highest BCUT2D eigenvalue weighted by Crippen LogP contribution is 2.27. The molecule has 138 valence electrons. The van der Waals surface area contributed by atoms with Crippen LogP contribution in [0.1, 0.15) is 51.5 Å². The summed E-state index contributed by atoms with van der Waals surface area (Å²) in [5.41, 5.74) is 2.12. The van der Waals surface area contributed by atoms with Gasteiger partial charge in [-0.05, 0) is 47.0 Å². The number of carbonyl (C=O) groups excluding carboxylic acids is 1. The summed E-state index contributed by atoms with van der Waals surface area (Å²) >= 11 is 6.08. The maximum Gasteiger partial charge on any atom is 0.247 e. The van der Waals surface area contributed by atoms with Gasteiger partial charge in [0.05, 0.1) is 0 Å². The van der Waals surface area contributed by atoms with Crippen LogP contribution in [0.3, 0.4) is 0 Å². The molecule has 1 unspecified atom stereocenters. The van der Waals surface area contributed by atoms with Crippen molar-refractivity contribution in [2.24, 2.45) is 0 Å². The van der Waals surface area contributed by atoms with Gasteiger partial charge in [-0.3, -0.25) is 4.79 Å². The standard InChI is InChI=1S/C19H24ClN5O/c1-13(25-18(19(2,3)4)21-22-23-25)17(26)24-10-8-14(9-11-24)15-6-5-7-16(20)12-15/h5-8,12-13H,9-11H2,1-4H3. The van der Waals surface area contributed by atoms with Crippen molar-refractivity contribution in [3.8, 4) is 0 Å². The molecule has 1 aromatic carbocycles. The third-order valence-electron chi connectivity index (χ3n) is 4.60. The van der Waals surface area contributed by atoms with E-state index in [1.807, 2.05) is 50.8 Å². The molecule has 0 aliphatic carbocycles. The van der Waals surface area contributed by atoms with Crippen LogP contribution in [0.5, 0.6) is 0 Å². The molecule has 1 aromatic heterocycles. The van der Waals surface area contributed by atoms with Crippen LogP contribution in [0.4, 0.5) is 0 Å². The lowest BCUT2D eigenvalue weighted by Crippen LogP contribution is -2.40. The van der Waals surface area contributed by atoms with Gasteiger partial charge in [0.2, 0.25) is 5.91 Å². The highest BCUT2D eigenvalue weighted by atomic mass is 35.5. The average molecular weight is 374 g/mol. The number of benzene rings is 1. The molecule has 2 heterocycles. The Morgan fingerprint density at radius 2 is 2.08 bits per heavy atom. The van der Waals surface area contributed by atoms with Crippen molar-refractivity contribution in [3.63, 3.8) is 0 Å². The molecule has 0 N–H and O–H groups in total.